The van der Waals surface area contributed by atoms with Crippen LogP contribution in [0.2, 0.25) is 0 Å². The topological polar surface area (TPSA) is 96.4 Å². The van der Waals surface area contributed by atoms with Crippen LogP contribution in [0.15, 0.2) is 63.9 Å². The van der Waals surface area contributed by atoms with Crippen molar-refractivity contribution < 1.29 is 19.0 Å². The average molecular weight is 546 g/mol. The fourth-order valence-corrected chi connectivity index (χ4v) is 5.34. The van der Waals surface area contributed by atoms with E-state index in [4.69, 9.17) is 4.74 Å². The fourth-order valence-electron chi connectivity index (χ4n) is 5.13. The first-order valence-corrected chi connectivity index (χ1v) is 13.0. The van der Waals surface area contributed by atoms with Crippen molar-refractivity contribution in [2.24, 2.45) is 0 Å². The molecule has 1 aliphatic heterocycles. The second kappa shape index (κ2) is 10.6. The van der Waals surface area contributed by atoms with Gasteiger partial charge in [0.2, 0.25) is 0 Å². The zero-order valence-electron chi connectivity index (χ0n) is 21.7. The molecule has 3 N–H and O–H groups in total. The number of rotatable bonds is 6. The van der Waals surface area contributed by atoms with E-state index in [1.807, 2.05) is 24.3 Å². The van der Waals surface area contributed by atoms with Gasteiger partial charge in [-0.15, -0.1) is 12.6 Å². The van der Waals surface area contributed by atoms with Gasteiger partial charge in [-0.3, -0.25) is 4.79 Å². The normalized spacial score (nSPS) is 14.8. The molecule has 9 heteroatoms. The van der Waals surface area contributed by atoms with Crippen molar-refractivity contribution in [2.45, 2.75) is 38.4 Å². The molecule has 39 heavy (non-hydrogen) atoms. The number of thiol groups is 1. The zero-order valence-corrected chi connectivity index (χ0v) is 22.6. The van der Waals surface area contributed by atoms with E-state index in [1.54, 1.807) is 49.6 Å². The van der Waals surface area contributed by atoms with Crippen LogP contribution in [0.3, 0.4) is 0 Å². The molecule has 3 heterocycles. The SMILES string of the molecule is C/C=C\c1c(F)cc2c(c1C)c(-c1ccc[nH]c1=O)c(C(=O)OCC)n2CC1=Cc2ccc(S)cc2NC1O. The number of allylic oxidation sites excluding steroid dienone is 1. The predicted molar refractivity (Wildman–Crippen MR) is 155 cm³/mol. The van der Waals surface area contributed by atoms with E-state index in [9.17, 15) is 14.7 Å². The van der Waals surface area contributed by atoms with Crippen molar-refractivity contribution in [2.75, 3.05) is 11.9 Å². The summed E-state index contributed by atoms with van der Waals surface area (Å²) in [6.45, 7) is 5.39. The van der Waals surface area contributed by atoms with Crippen LogP contribution in [0.25, 0.3) is 34.2 Å². The average Bonchev–Trinajstić information content (AvgIpc) is 3.21. The lowest BCUT2D eigenvalue weighted by Crippen LogP contribution is -2.28. The summed E-state index contributed by atoms with van der Waals surface area (Å²) in [6, 6.07) is 10.2. The number of aryl methyl sites for hydroxylation is 1. The van der Waals surface area contributed by atoms with Crippen molar-refractivity contribution in [1.29, 1.82) is 0 Å². The smallest absolute Gasteiger partial charge is 0.355 e. The Labute approximate surface area is 230 Å². The van der Waals surface area contributed by atoms with Crippen LogP contribution in [-0.4, -0.2) is 33.5 Å². The fraction of sp³-hybridized carbons (Fsp3) is 0.200. The van der Waals surface area contributed by atoms with E-state index in [1.165, 1.54) is 12.3 Å². The van der Waals surface area contributed by atoms with Gasteiger partial charge in [0, 0.05) is 45.4 Å². The number of fused-ring (bicyclic) bond motifs is 2. The monoisotopic (exact) mass is 545 g/mol. The minimum absolute atomic E-state index is 0.0352. The van der Waals surface area contributed by atoms with Gasteiger partial charge in [0.05, 0.1) is 12.1 Å². The molecule has 4 aromatic rings. The number of carbonyl (C=O) groups excluding carboxylic acids is 1. The molecule has 0 bridgehead atoms. The van der Waals surface area contributed by atoms with Gasteiger partial charge in [-0.05, 0) is 73.9 Å². The van der Waals surface area contributed by atoms with Crippen LogP contribution in [0.4, 0.5) is 10.1 Å². The highest BCUT2D eigenvalue weighted by atomic mass is 32.1. The molecule has 0 saturated heterocycles. The number of hydrogen-bond donors (Lipinski definition) is 4. The number of aliphatic hydroxyl groups is 1. The Bertz CT molecular complexity index is 1730. The number of ether oxygens (including phenoxy) is 1. The molecular formula is C30H28FN3O4S. The molecular weight excluding hydrogens is 517 g/mol. The van der Waals surface area contributed by atoms with Gasteiger partial charge in [0.25, 0.3) is 5.56 Å². The predicted octanol–water partition coefficient (Wildman–Crippen LogP) is 5.77. The van der Waals surface area contributed by atoms with Crippen molar-refractivity contribution in [3.05, 3.63) is 92.8 Å². The lowest BCUT2D eigenvalue weighted by Gasteiger charge is -2.26. The summed E-state index contributed by atoms with van der Waals surface area (Å²) >= 11 is 4.37. The maximum absolute atomic E-state index is 15.5. The van der Waals surface area contributed by atoms with Crippen LogP contribution in [0.5, 0.6) is 0 Å². The lowest BCUT2D eigenvalue weighted by atomic mass is 9.96. The van der Waals surface area contributed by atoms with Gasteiger partial charge >= 0.3 is 5.97 Å². The summed E-state index contributed by atoms with van der Waals surface area (Å²) < 4.78 is 22.5. The highest BCUT2D eigenvalue weighted by Gasteiger charge is 2.30. The van der Waals surface area contributed by atoms with E-state index in [-0.39, 0.29) is 24.4 Å². The number of H-pyrrole nitrogens is 1. The maximum Gasteiger partial charge on any atom is 0.355 e. The number of nitrogens with zero attached hydrogens (tertiary/aromatic N) is 1. The first-order chi connectivity index (χ1) is 18.7. The number of aliphatic hydroxyl groups excluding tert-OH is 1. The molecule has 1 unspecified atom stereocenters. The molecule has 0 radical (unpaired) electrons. The molecule has 0 saturated carbocycles. The molecule has 2 aromatic carbocycles. The third-order valence-electron chi connectivity index (χ3n) is 6.85. The summed E-state index contributed by atoms with van der Waals surface area (Å²) in [5, 5.41) is 14.6. The highest BCUT2D eigenvalue weighted by molar-refractivity contribution is 7.80. The Morgan fingerprint density at radius 1 is 1.28 bits per heavy atom. The third kappa shape index (κ3) is 4.68. The number of benzene rings is 2. The van der Waals surface area contributed by atoms with Crippen molar-refractivity contribution in [1.82, 2.24) is 9.55 Å². The summed E-state index contributed by atoms with van der Waals surface area (Å²) in [7, 11) is 0. The van der Waals surface area contributed by atoms with Gasteiger partial charge in [0.1, 0.15) is 17.7 Å². The Morgan fingerprint density at radius 2 is 2.08 bits per heavy atom. The number of aromatic nitrogens is 2. The molecule has 0 fully saturated rings. The van der Waals surface area contributed by atoms with Crippen molar-refractivity contribution >= 4 is 47.3 Å². The molecule has 0 amide bonds. The summed E-state index contributed by atoms with van der Waals surface area (Å²) in [4.78, 5) is 30.0. The van der Waals surface area contributed by atoms with Crippen LogP contribution in [0.1, 0.15) is 41.0 Å². The number of pyridine rings is 1. The van der Waals surface area contributed by atoms with Crippen LogP contribution >= 0.6 is 12.6 Å². The number of hydrogen-bond acceptors (Lipinski definition) is 6. The second-order valence-corrected chi connectivity index (χ2v) is 9.79. The molecule has 5 rings (SSSR count). The Hall–Kier alpha value is -4.08. The number of nitrogens with one attached hydrogen (secondary N) is 2. The molecule has 200 valence electrons. The standard InChI is InChI=1S/C30H28FN3O4S/c1-4-7-20-16(3)25-24(14-22(20)31)34(15-18-12-17-9-10-19(39)13-23(17)33-28(18)35)27(30(37)38-5-2)26(25)21-8-6-11-32-29(21)36/h4,6-14,28,33,35,39H,5,15H2,1-3H3,(H,32,36)/b7-4-. The molecule has 7 nitrogen and oxygen atoms in total. The number of halogens is 1. The first-order valence-electron chi connectivity index (χ1n) is 12.6. The van der Waals surface area contributed by atoms with E-state index in [0.29, 0.717) is 33.2 Å². The molecule has 0 spiro atoms. The zero-order chi connectivity index (χ0) is 27.8. The Morgan fingerprint density at radius 3 is 2.79 bits per heavy atom. The minimum atomic E-state index is -1.07. The van der Waals surface area contributed by atoms with Crippen LogP contribution in [0, 0.1) is 12.7 Å². The third-order valence-corrected chi connectivity index (χ3v) is 7.13. The van der Waals surface area contributed by atoms with Gasteiger partial charge < -0.3 is 24.7 Å². The van der Waals surface area contributed by atoms with E-state index in [2.05, 4.69) is 22.9 Å². The minimum Gasteiger partial charge on any atom is -0.461 e. The van der Waals surface area contributed by atoms with Crippen LogP contribution in [-0.2, 0) is 11.3 Å². The number of esters is 1. The van der Waals surface area contributed by atoms with Gasteiger partial charge in [-0.1, -0.05) is 18.2 Å². The molecule has 1 atom stereocenters. The maximum atomic E-state index is 15.5. The summed E-state index contributed by atoms with van der Waals surface area (Å²) in [5.41, 5.74) is 3.76. The van der Waals surface area contributed by atoms with Gasteiger partial charge in [0.15, 0.2) is 0 Å². The second-order valence-electron chi connectivity index (χ2n) is 9.27. The van der Waals surface area contributed by atoms with Crippen LogP contribution < -0.4 is 10.9 Å². The number of anilines is 1. The van der Waals surface area contributed by atoms with Crippen molar-refractivity contribution in [3.8, 4) is 11.1 Å². The van der Waals surface area contributed by atoms with E-state index in [0.717, 1.165) is 16.1 Å². The lowest BCUT2D eigenvalue weighted by molar-refractivity contribution is 0.0515. The van der Waals surface area contributed by atoms with E-state index >= 15 is 4.39 Å². The molecule has 2 aromatic heterocycles. The molecule has 1 aliphatic rings. The van der Waals surface area contributed by atoms with Crippen molar-refractivity contribution in [3.63, 3.8) is 0 Å². The Balaban J connectivity index is 1.85. The highest BCUT2D eigenvalue weighted by Crippen LogP contribution is 2.40. The van der Waals surface area contributed by atoms with Gasteiger partial charge in [-0.25, -0.2) is 9.18 Å². The first kappa shape index (κ1) is 26.5. The van der Waals surface area contributed by atoms with E-state index < -0.39 is 23.6 Å². The summed E-state index contributed by atoms with van der Waals surface area (Å²) in [6.07, 6.45) is 5.66. The number of aromatic amines is 1. The van der Waals surface area contributed by atoms with Gasteiger partial charge in [-0.2, -0.15) is 0 Å². The quantitative estimate of drug-likeness (QED) is 0.182. The largest absolute Gasteiger partial charge is 0.461 e. The Kier molecular flexibility index (Phi) is 7.20. The summed E-state index contributed by atoms with van der Waals surface area (Å²) in [5.74, 6) is -1.12. The number of carbonyl (C=O) groups is 1. The molecule has 0 aliphatic carbocycles.